The second-order valence-electron chi connectivity index (χ2n) is 7.25. The van der Waals surface area contributed by atoms with Gasteiger partial charge in [0.25, 0.3) is 0 Å². The minimum atomic E-state index is -0.0651. The molecule has 0 saturated carbocycles. The van der Waals surface area contributed by atoms with Gasteiger partial charge in [-0.15, -0.1) is 10.2 Å². The van der Waals surface area contributed by atoms with Gasteiger partial charge in [-0.1, -0.05) is 17.7 Å². The van der Waals surface area contributed by atoms with E-state index in [4.69, 9.17) is 11.6 Å². The first-order chi connectivity index (χ1) is 14.2. The largest absolute Gasteiger partial charge is 0.332 e. The summed E-state index contributed by atoms with van der Waals surface area (Å²) in [5.74, 6) is 1.28. The molecule has 0 radical (unpaired) electrons. The Balaban J connectivity index is 1.18. The van der Waals surface area contributed by atoms with Gasteiger partial charge in [-0.05, 0) is 37.1 Å². The molecule has 0 bridgehead atoms. The Morgan fingerprint density at radius 2 is 1.97 bits per heavy atom. The van der Waals surface area contributed by atoms with Crippen LogP contribution < -0.4 is 5.32 Å². The molecule has 1 fully saturated rings. The third-order valence-electron chi connectivity index (χ3n) is 5.37. The van der Waals surface area contributed by atoms with Crippen LogP contribution in [0.3, 0.4) is 0 Å². The minimum Gasteiger partial charge on any atom is -0.332 e. The Kier molecular flexibility index (Phi) is 4.55. The van der Waals surface area contributed by atoms with E-state index in [0.29, 0.717) is 30.6 Å². The lowest BCUT2D eigenvalue weighted by Crippen LogP contribution is -2.44. The standard InChI is InChI=1S/C20H20ClN7O/c21-15-4-5-17-23-16(13-27(17)12-15)11-22-20(29)26-9-6-14(7-10-26)19-25-24-18-3-1-2-8-28(18)19/h1-5,8,12-14H,6-7,9-11H2,(H,22,29). The summed E-state index contributed by atoms with van der Waals surface area (Å²) < 4.78 is 3.90. The van der Waals surface area contributed by atoms with E-state index in [2.05, 4.69) is 20.5 Å². The summed E-state index contributed by atoms with van der Waals surface area (Å²) in [5.41, 5.74) is 2.46. The maximum absolute atomic E-state index is 12.6. The number of piperidine rings is 1. The molecule has 5 heterocycles. The van der Waals surface area contributed by atoms with Crippen LogP contribution in [0.5, 0.6) is 0 Å². The second kappa shape index (κ2) is 7.36. The molecule has 1 saturated heterocycles. The molecule has 5 rings (SSSR count). The van der Waals surface area contributed by atoms with Crippen LogP contribution in [0.15, 0.2) is 48.9 Å². The predicted octanol–water partition coefficient (Wildman–Crippen LogP) is 3.12. The number of urea groups is 1. The maximum atomic E-state index is 12.6. The number of carbonyl (C=O) groups is 1. The zero-order chi connectivity index (χ0) is 19.8. The van der Waals surface area contributed by atoms with Crippen molar-refractivity contribution in [3.05, 3.63) is 65.5 Å². The summed E-state index contributed by atoms with van der Waals surface area (Å²) >= 11 is 6.00. The van der Waals surface area contributed by atoms with Crippen molar-refractivity contribution in [3.8, 4) is 0 Å². The third kappa shape index (κ3) is 3.51. The molecule has 148 valence electrons. The van der Waals surface area contributed by atoms with Gasteiger partial charge in [-0.25, -0.2) is 9.78 Å². The van der Waals surface area contributed by atoms with Crippen molar-refractivity contribution in [2.45, 2.75) is 25.3 Å². The van der Waals surface area contributed by atoms with Crippen molar-refractivity contribution in [2.24, 2.45) is 0 Å². The third-order valence-corrected chi connectivity index (χ3v) is 5.60. The molecule has 8 nitrogen and oxygen atoms in total. The molecule has 1 aliphatic heterocycles. The first-order valence-corrected chi connectivity index (χ1v) is 10.0. The number of likely N-dealkylation sites (tertiary alicyclic amines) is 1. The summed E-state index contributed by atoms with van der Waals surface area (Å²) in [6.45, 7) is 1.77. The fourth-order valence-corrected chi connectivity index (χ4v) is 4.03. The van der Waals surface area contributed by atoms with Crippen molar-refractivity contribution >= 4 is 28.9 Å². The Bertz CT molecular complexity index is 1180. The Labute approximate surface area is 172 Å². The Morgan fingerprint density at radius 3 is 2.83 bits per heavy atom. The van der Waals surface area contributed by atoms with Crippen LogP contribution in [0.25, 0.3) is 11.3 Å². The number of nitrogens with zero attached hydrogens (tertiary/aromatic N) is 6. The van der Waals surface area contributed by atoms with Gasteiger partial charge in [-0.3, -0.25) is 4.40 Å². The molecule has 2 amide bonds. The number of rotatable bonds is 3. The van der Waals surface area contributed by atoms with Crippen LogP contribution in [0, 0.1) is 0 Å². The summed E-state index contributed by atoms with van der Waals surface area (Å²) in [7, 11) is 0. The highest BCUT2D eigenvalue weighted by atomic mass is 35.5. The van der Waals surface area contributed by atoms with Crippen molar-refractivity contribution in [1.29, 1.82) is 0 Å². The number of hydrogen-bond donors (Lipinski definition) is 1. The van der Waals surface area contributed by atoms with E-state index in [0.717, 1.165) is 35.7 Å². The average Bonchev–Trinajstić information content (AvgIpc) is 3.35. The number of pyridine rings is 2. The number of amides is 2. The van der Waals surface area contributed by atoms with E-state index in [1.54, 1.807) is 12.3 Å². The van der Waals surface area contributed by atoms with Crippen LogP contribution in [0.1, 0.15) is 30.3 Å². The van der Waals surface area contributed by atoms with Gasteiger partial charge in [0.2, 0.25) is 0 Å². The smallest absolute Gasteiger partial charge is 0.317 e. The number of fused-ring (bicyclic) bond motifs is 2. The molecule has 1 N–H and O–H groups in total. The van der Waals surface area contributed by atoms with E-state index in [9.17, 15) is 4.79 Å². The predicted molar refractivity (Wildman–Crippen MR) is 109 cm³/mol. The van der Waals surface area contributed by atoms with E-state index < -0.39 is 0 Å². The lowest BCUT2D eigenvalue weighted by atomic mass is 9.96. The molecule has 1 aliphatic rings. The molecular weight excluding hydrogens is 390 g/mol. The van der Waals surface area contributed by atoms with Gasteiger partial charge in [0.15, 0.2) is 5.65 Å². The highest BCUT2D eigenvalue weighted by Gasteiger charge is 2.26. The molecule has 9 heteroatoms. The molecule has 4 aromatic heterocycles. The topological polar surface area (TPSA) is 79.8 Å². The molecular formula is C20H20ClN7O. The van der Waals surface area contributed by atoms with Crippen LogP contribution in [0.4, 0.5) is 4.79 Å². The average molecular weight is 410 g/mol. The number of nitrogens with one attached hydrogen (secondary N) is 1. The van der Waals surface area contributed by atoms with Crippen molar-refractivity contribution in [2.75, 3.05) is 13.1 Å². The summed E-state index contributed by atoms with van der Waals surface area (Å²) in [5, 5.41) is 12.2. The van der Waals surface area contributed by atoms with Crippen LogP contribution in [0.2, 0.25) is 5.02 Å². The molecule has 0 spiro atoms. The first kappa shape index (κ1) is 17.9. The van der Waals surface area contributed by atoms with Crippen LogP contribution in [-0.2, 0) is 6.54 Å². The van der Waals surface area contributed by atoms with Crippen molar-refractivity contribution < 1.29 is 4.79 Å². The SMILES string of the molecule is O=C(NCc1cn2cc(Cl)ccc2n1)N1CCC(c2nnc3ccccn23)CC1. The summed E-state index contributed by atoms with van der Waals surface area (Å²) in [6, 6.07) is 9.48. The van der Waals surface area contributed by atoms with Crippen molar-refractivity contribution in [3.63, 3.8) is 0 Å². The highest BCUT2D eigenvalue weighted by molar-refractivity contribution is 6.30. The normalized spacial score (nSPS) is 15.3. The number of hydrogen-bond acceptors (Lipinski definition) is 4. The summed E-state index contributed by atoms with van der Waals surface area (Å²) in [4.78, 5) is 18.9. The molecule has 0 aromatic carbocycles. The van der Waals surface area contributed by atoms with E-state index in [1.165, 1.54) is 0 Å². The van der Waals surface area contributed by atoms with Gasteiger partial charge in [0.1, 0.15) is 11.5 Å². The van der Waals surface area contributed by atoms with E-state index in [1.807, 2.05) is 50.4 Å². The monoisotopic (exact) mass is 409 g/mol. The lowest BCUT2D eigenvalue weighted by Gasteiger charge is -2.31. The van der Waals surface area contributed by atoms with Crippen molar-refractivity contribution in [1.82, 2.24) is 34.2 Å². The van der Waals surface area contributed by atoms with Gasteiger partial charge >= 0.3 is 6.03 Å². The minimum absolute atomic E-state index is 0.0651. The van der Waals surface area contributed by atoms with Gasteiger partial charge in [-0.2, -0.15) is 0 Å². The molecule has 29 heavy (non-hydrogen) atoms. The lowest BCUT2D eigenvalue weighted by molar-refractivity contribution is 0.179. The number of carbonyl (C=O) groups excluding carboxylic acids is 1. The fraction of sp³-hybridized carbons (Fsp3) is 0.300. The quantitative estimate of drug-likeness (QED) is 0.563. The van der Waals surface area contributed by atoms with Crippen LogP contribution in [-0.4, -0.2) is 48.0 Å². The maximum Gasteiger partial charge on any atom is 0.317 e. The molecule has 0 aliphatic carbocycles. The zero-order valence-corrected chi connectivity index (χ0v) is 16.5. The Morgan fingerprint density at radius 1 is 1.10 bits per heavy atom. The molecule has 0 unspecified atom stereocenters. The first-order valence-electron chi connectivity index (χ1n) is 9.63. The Hall–Kier alpha value is -3.13. The zero-order valence-electron chi connectivity index (χ0n) is 15.7. The van der Waals surface area contributed by atoms with E-state index in [-0.39, 0.29) is 6.03 Å². The number of imidazole rings is 1. The number of aromatic nitrogens is 5. The molecule has 0 atom stereocenters. The molecule has 4 aromatic rings. The highest BCUT2D eigenvalue weighted by Crippen LogP contribution is 2.27. The van der Waals surface area contributed by atoms with Gasteiger partial charge in [0, 0.05) is 37.6 Å². The number of halogens is 1. The second-order valence-corrected chi connectivity index (χ2v) is 7.69. The van der Waals surface area contributed by atoms with Gasteiger partial charge < -0.3 is 14.6 Å². The van der Waals surface area contributed by atoms with Crippen LogP contribution >= 0.6 is 11.6 Å². The van der Waals surface area contributed by atoms with Gasteiger partial charge in [0.05, 0.1) is 17.3 Å². The van der Waals surface area contributed by atoms with E-state index >= 15 is 0 Å². The summed E-state index contributed by atoms with van der Waals surface area (Å²) in [6.07, 6.45) is 7.41. The fourth-order valence-electron chi connectivity index (χ4n) is 3.86.